The first-order valence-electron chi connectivity index (χ1n) is 12.1. The number of ether oxygens (including phenoxy) is 1. The predicted octanol–water partition coefficient (Wildman–Crippen LogP) is 7.42. The molecule has 2 aliphatic carbocycles. The number of hydrogen-bond donors (Lipinski definition) is 1. The lowest BCUT2D eigenvalue weighted by molar-refractivity contribution is -0.0660. The van der Waals surface area contributed by atoms with Crippen molar-refractivity contribution in [3.05, 3.63) is 81.7 Å². The van der Waals surface area contributed by atoms with Crippen molar-refractivity contribution in [3.8, 4) is 11.3 Å². The molecule has 0 aliphatic heterocycles. The largest absolute Gasteiger partial charge is 0.384 e. The lowest BCUT2D eigenvalue weighted by Crippen LogP contribution is -2.35. The monoisotopic (exact) mass is 508 g/mol. The molecular formula is C28H26Cl2N2O3. The van der Waals surface area contributed by atoms with Crippen molar-refractivity contribution < 1.29 is 14.4 Å². The van der Waals surface area contributed by atoms with Crippen molar-refractivity contribution in [2.75, 3.05) is 0 Å². The Morgan fingerprint density at radius 1 is 0.943 bits per heavy atom. The van der Waals surface area contributed by atoms with E-state index in [0.717, 1.165) is 53.6 Å². The Balaban J connectivity index is 1.18. The molecular weight excluding hydrogens is 483 g/mol. The minimum atomic E-state index is -0.934. The molecule has 0 unspecified atom stereocenters. The molecule has 2 aromatic heterocycles. The maximum atomic E-state index is 11.4. The fourth-order valence-electron chi connectivity index (χ4n) is 5.07. The van der Waals surface area contributed by atoms with Crippen LogP contribution in [0.3, 0.4) is 0 Å². The van der Waals surface area contributed by atoms with Crippen LogP contribution in [-0.2, 0) is 16.9 Å². The number of rotatable bonds is 6. The third kappa shape index (κ3) is 4.47. The standard InChI is InChI=1S/C28H26Cl2N2O3/c29-21-5-3-6-22(30)25(21)26-20(27(35-32-26)18-8-9-18)16-34-19-12-14-28(33,15-13-19)24-11-10-17-4-1-2-7-23(17)31-24/h1-7,10-11,18-19,33H,8-9,12-16H2. The lowest BCUT2D eigenvalue weighted by atomic mass is 9.80. The van der Waals surface area contributed by atoms with E-state index in [2.05, 4.69) is 5.16 Å². The van der Waals surface area contributed by atoms with Crippen molar-refractivity contribution in [1.29, 1.82) is 0 Å². The maximum Gasteiger partial charge on any atom is 0.145 e. The summed E-state index contributed by atoms with van der Waals surface area (Å²) in [5, 5.41) is 17.9. The molecule has 2 aromatic carbocycles. The molecule has 180 valence electrons. The number of nitrogens with zero attached hydrogens (tertiary/aromatic N) is 2. The normalized spacial score (nSPS) is 22.5. The molecule has 0 saturated heterocycles. The zero-order valence-electron chi connectivity index (χ0n) is 19.2. The van der Waals surface area contributed by atoms with Crippen molar-refractivity contribution >= 4 is 34.1 Å². The van der Waals surface area contributed by atoms with Gasteiger partial charge in [-0.25, -0.2) is 4.98 Å². The van der Waals surface area contributed by atoms with Gasteiger partial charge in [0, 0.05) is 22.4 Å². The fraction of sp³-hybridized carbons (Fsp3) is 0.357. The number of aromatic nitrogens is 2. The topological polar surface area (TPSA) is 68.4 Å². The molecule has 2 heterocycles. The number of para-hydroxylation sites is 1. The van der Waals surface area contributed by atoms with Gasteiger partial charge < -0.3 is 14.4 Å². The van der Waals surface area contributed by atoms with Crippen LogP contribution >= 0.6 is 23.2 Å². The second-order valence-corrected chi connectivity index (χ2v) is 10.5. The predicted molar refractivity (Wildman–Crippen MR) is 137 cm³/mol. The zero-order valence-corrected chi connectivity index (χ0v) is 20.7. The van der Waals surface area contributed by atoms with Gasteiger partial charge >= 0.3 is 0 Å². The molecule has 0 amide bonds. The van der Waals surface area contributed by atoms with E-state index >= 15 is 0 Å². The van der Waals surface area contributed by atoms with Crippen LogP contribution in [0, 0.1) is 0 Å². The highest BCUT2D eigenvalue weighted by atomic mass is 35.5. The zero-order chi connectivity index (χ0) is 24.0. The molecule has 4 aromatic rings. The summed E-state index contributed by atoms with van der Waals surface area (Å²) in [5.41, 5.74) is 2.99. The lowest BCUT2D eigenvalue weighted by Gasteiger charge is -2.35. The highest BCUT2D eigenvalue weighted by Gasteiger charge is 2.38. The van der Waals surface area contributed by atoms with E-state index < -0.39 is 5.60 Å². The van der Waals surface area contributed by atoms with Gasteiger partial charge in [-0.1, -0.05) is 58.7 Å². The van der Waals surface area contributed by atoms with E-state index in [1.54, 1.807) is 0 Å². The number of pyridine rings is 1. The molecule has 35 heavy (non-hydrogen) atoms. The Kier molecular flexibility index (Phi) is 6.05. The summed E-state index contributed by atoms with van der Waals surface area (Å²) in [4.78, 5) is 4.75. The second kappa shape index (κ2) is 9.21. The number of fused-ring (bicyclic) bond motifs is 1. The van der Waals surface area contributed by atoms with Crippen LogP contribution < -0.4 is 0 Å². The number of benzene rings is 2. The Morgan fingerprint density at radius 2 is 1.69 bits per heavy atom. The van der Waals surface area contributed by atoms with Gasteiger partial charge in [0.2, 0.25) is 0 Å². The van der Waals surface area contributed by atoms with Gasteiger partial charge in [-0.15, -0.1) is 0 Å². The number of aliphatic hydroxyl groups is 1. The van der Waals surface area contributed by atoms with Gasteiger partial charge in [0.25, 0.3) is 0 Å². The van der Waals surface area contributed by atoms with E-state index in [1.807, 2.05) is 54.6 Å². The van der Waals surface area contributed by atoms with Crippen LogP contribution in [0.25, 0.3) is 22.2 Å². The van der Waals surface area contributed by atoms with Crippen molar-refractivity contribution in [2.24, 2.45) is 0 Å². The van der Waals surface area contributed by atoms with E-state index in [-0.39, 0.29) is 6.10 Å². The minimum Gasteiger partial charge on any atom is -0.384 e. The first kappa shape index (κ1) is 23.0. The molecule has 6 rings (SSSR count). The molecule has 7 heteroatoms. The molecule has 0 spiro atoms. The molecule has 0 radical (unpaired) electrons. The molecule has 2 aliphatic rings. The molecule has 5 nitrogen and oxygen atoms in total. The van der Waals surface area contributed by atoms with E-state index in [1.165, 1.54) is 0 Å². The van der Waals surface area contributed by atoms with Gasteiger partial charge in [0.05, 0.1) is 34.0 Å². The first-order chi connectivity index (χ1) is 17.0. The van der Waals surface area contributed by atoms with E-state index in [4.69, 9.17) is 37.4 Å². The van der Waals surface area contributed by atoms with Crippen molar-refractivity contribution in [2.45, 2.75) is 62.8 Å². The van der Waals surface area contributed by atoms with Crippen LogP contribution in [-0.4, -0.2) is 21.4 Å². The average molecular weight is 509 g/mol. The summed E-state index contributed by atoms with van der Waals surface area (Å²) < 4.78 is 12.1. The molecule has 1 N–H and O–H groups in total. The minimum absolute atomic E-state index is 0.0345. The molecule has 2 fully saturated rings. The van der Waals surface area contributed by atoms with Gasteiger partial charge in [-0.05, 0) is 62.8 Å². The Bertz CT molecular complexity index is 1350. The van der Waals surface area contributed by atoms with Gasteiger partial charge in [0.1, 0.15) is 17.1 Å². The molecule has 0 bridgehead atoms. The maximum absolute atomic E-state index is 11.4. The summed E-state index contributed by atoms with van der Waals surface area (Å²) in [5.74, 6) is 1.26. The third-order valence-corrected chi connectivity index (χ3v) is 7.89. The van der Waals surface area contributed by atoms with Crippen LogP contribution in [0.5, 0.6) is 0 Å². The van der Waals surface area contributed by atoms with Gasteiger partial charge in [0.15, 0.2) is 0 Å². The summed E-state index contributed by atoms with van der Waals surface area (Å²) in [7, 11) is 0. The Labute approximate surface area is 214 Å². The van der Waals surface area contributed by atoms with Crippen molar-refractivity contribution in [3.63, 3.8) is 0 Å². The van der Waals surface area contributed by atoms with E-state index in [9.17, 15) is 5.11 Å². The van der Waals surface area contributed by atoms with Crippen LogP contribution in [0.1, 0.15) is 61.5 Å². The Hall–Kier alpha value is -2.44. The fourth-order valence-corrected chi connectivity index (χ4v) is 5.64. The summed E-state index contributed by atoms with van der Waals surface area (Å²) in [6.45, 7) is 0.379. The van der Waals surface area contributed by atoms with Crippen LogP contribution in [0.15, 0.2) is 59.1 Å². The number of hydrogen-bond acceptors (Lipinski definition) is 5. The highest BCUT2D eigenvalue weighted by molar-refractivity contribution is 6.39. The second-order valence-electron chi connectivity index (χ2n) is 9.68. The Morgan fingerprint density at radius 3 is 2.43 bits per heavy atom. The SMILES string of the molecule is OC1(c2ccc3ccccc3n2)CCC(OCc2c(-c3c(Cl)cccc3Cl)noc2C2CC2)CC1. The van der Waals surface area contributed by atoms with Crippen LogP contribution in [0.2, 0.25) is 10.0 Å². The van der Waals surface area contributed by atoms with Gasteiger partial charge in [-0.3, -0.25) is 0 Å². The van der Waals surface area contributed by atoms with Crippen LogP contribution in [0.4, 0.5) is 0 Å². The summed E-state index contributed by atoms with van der Waals surface area (Å²) in [6, 6.07) is 17.4. The highest BCUT2D eigenvalue weighted by Crippen LogP contribution is 2.46. The quantitative estimate of drug-likeness (QED) is 0.293. The number of halogens is 2. The third-order valence-electron chi connectivity index (χ3n) is 7.26. The molecule has 0 atom stereocenters. The smallest absolute Gasteiger partial charge is 0.145 e. The summed E-state index contributed by atoms with van der Waals surface area (Å²) in [6.07, 6.45) is 4.91. The van der Waals surface area contributed by atoms with E-state index in [0.29, 0.717) is 46.7 Å². The molecule has 2 saturated carbocycles. The average Bonchev–Trinajstić information content (AvgIpc) is 3.64. The first-order valence-corrected chi connectivity index (χ1v) is 12.9. The van der Waals surface area contributed by atoms with Gasteiger partial charge in [-0.2, -0.15) is 0 Å². The van der Waals surface area contributed by atoms with Crippen molar-refractivity contribution in [1.82, 2.24) is 10.1 Å². The summed E-state index contributed by atoms with van der Waals surface area (Å²) >= 11 is 12.9.